The van der Waals surface area contributed by atoms with Crippen LogP contribution in [0.4, 0.5) is 0 Å². The Hall–Kier alpha value is -0.510. The molecule has 0 bridgehead atoms. The number of nitrogens with two attached hydrogens (primary N) is 1. The van der Waals surface area contributed by atoms with Gasteiger partial charge in [-0.2, -0.15) is 0 Å². The molecule has 0 aliphatic heterocycles. The predicted octanol–water partition coefficient (Wildman–Crippen LogP) is 2.43. The second-order valence-electron chi connectivity index (χ2n) is 4.48. The summed E-state index contributed by atoms with van der Waals surface area (Å²) < 4.78 is 0. The third kappa shape index (κ3) is 3.81. The summed E-state index contributed by atoms with van der Waals surface area (Å²) in [4.78, 5) is 1.18. The summed E-state index contributed by atoms with van der Waals surface area (Å²) in [5.74, 6) is 0.384. The third-order valence-electron chi connectivity index (χ3n) is 2.66. The van der Waals surface area contributed by atoms with Crippen molar-refractivity contribution in [2.45, 2.75) is 37.0 Å². The number of hydrogen-bond donors (Lipinski definition) is 2. The zero-order chi connectivity index (χ0) is 12.1. The third-order valence-corrected chi connectivity index (χ3v) is 3.95. The van der Waals surface area contributed by atoms with Crippen LogP contribution < -0.4 is 5.73 Å². The Kier molecular flexibility index (Phi) is 5.32. The molecule has 2 nitrogen and oxygen atoms in total. The Balaban J connectivity index is 2.70. The first-order chi connectivity index (χ1) is 7.54. The van der Waals surface area contributed by atoms with Crippen LogP contribution in [-0.4, -0.2) is 23.0 Å². The monoisotopic (exact) mass is 239 g/mol. The first-order valence-corrected chi connectivity index (χ1v) is 6.52. The average molecular weight is 239 g/mol. The molecule has 1 rings (SSSR count). The molecule has 1 aromatic carbocycles. The van der Waals surface area contributed by atoms with Gasteiger partial charge in [0.05, 0.1) is 6.61 Å². The summed E-state index contributed by atoms with van der Waals surface area (Å²) in [5, 5.41) is 9.45. The van der Waals surface area contributed by atoms with E-state index >= 15 is 0 Å². The highest BCUT2D eigenvalue weighted by atomic mass is 32.2. The molecule has 0 amide bonds. The van der Waals surface area contributed by atoms with Crippen LogP contribution in [0.25, 0.3) is 0 Å². The minimum Gasteiger partial charge on any atom is -0.395 e. The van der Waals surface area contributed by atoms with Crippen molar-refractivity contribution in [1.29, 1.82) is 0 Å². The number of aliphatic hydroxyl groups is 1. The van der Waals surface area contributed by atoms with Crippen LogP contribution in [0.15, 0.2) is 29.2 Å². The molecule has 0 aliphatic rings. The van der Waals surface area contributed by atoms with Crippen LogP contribution in [0.1, 0.15) is 19.4 Å². The molecule has 0 aliphatic carbocycles. The molecule has 3 heteroatoms. The second kappa shape index (κ2) is 6.28. The van der Waals surface area contributed by atoms with Crippen molar-refractivity contribution in [3.8, 4) is 0 Å². The maximum Gasteiger partial charge on any atom is 0.0568 e. The maximum atomic E-state index is 9.38. The molecule has 0 saturated carbocycles. The molecule has 2 unspecified atom stereocenters. The van der Waals surface area contributed by atoms with E-state index < -0.39 is 0 Å². The molecule has 0 saturated heterocycles. The minimum absolute atomic E-state index is 0.0236. The van der Waals surface area contributed by atoms with E-state index in [0.29, 0.717) is 5.92 Å². The highest BCUT2D eigenvalue weighted by Crippen LogP contribution is 2.27. The van der Waals surface area contributed by atoms with E-state index in [-0.39, 0.29) is 17.9 Å². The van der Waals surface area contributed by atoms with Gasteiger partial charge in [-0.25, -0.2) is 0 Å². The molecule has 16 heavy (non-hydrogen) atoms. The van der Waals surface area contributed by atoms with E-state index in [4.69, 9.17) is 5.73 Å². The molecule has 0 aromatic heterocycles. The van der Waals surface area contributed by atoms with Crippen LogP contribution in [0.3, 0.4) is 0 Å². The Bertz CT molecular complexity index is 327. The smallest absolute Gasteiger partial charge is 0.0568 e. The lowest BCUT2D eigenvalue weighted by molar-refractivity contribution is 0.269. The molecule has 0 spiro atoms. The maximum absolute atomic E-state index is 9.38. The molecular weight excluding hydrogens is 218 g/mol. The topological polar surface area (TPSA) is 46.2 Å². The van der Waals surface area contributed by atoms with Gasteiger partial charge in [-0.15, -0.1) is 11.8 Å². The van der Waals surface area contributed by atoms with Crippen molar-refractivity contribution < 1.29 is 5.11 Å². The lowest BCUT2D eigenvalue weighted by Gasteiger charge is -2.24. The molecule has 2 atom stereocenters. The van der Waals surface area contributed by atoms with Crippen molar-refractivity contribution in [3.63, 3.8) is 0 Å². The molecule has 3 N–H and O–H groups in total. The Labute approximate surface area is 102 Å². The molecule has 1 aromatic rings. The highest BCUT2D eigenvalue weighted by Gasteiger charge is 2.21. The largest absolute Gasteiger partial charge is 0.395 e. The molecular formula is C13H21NOS. The van der Waals surface area contributed by atoms with Crippen LogP contribution in [0.2, 0.25) is 0 Å². The summed E-state index contributed by atoms with van der Waals surface area (Å²) in [5.41, 5.74) is 7.31. The number of thioether (sulfide) groups is 1. The number of hydrogen-bond acceptors (Lipinski definition) is 3. The fourth-order valence-electron chi connectivity index (χ4n) is 1.53. The van der Waals surface area contributed by atoms with Crippen molar-refractivity contribution in [2.75, 3.05) is 6.61 Å². The first kappa shape index (κ1) is 13.6. The predicted molar refractivity (Wildman–Crippen MR) is 70.7 cm³/mol. The normalized spacial score (nSPS) is 15.1. The quantitative estimate of drug-likeness (QED) is 0.776. The van der Waals surface area contributed by atoms with E-state index in [2.05, 4.69) is 39.0 Å². The first-order valence-electron chi connectivity index (χ1n) is 5.64. The van der Waals surface area contributed by atoms with Gasteiger partial charge >= 0.3 is 0 Å². The van der Waals surface area contributed by atoms with Gasteiger partial charge in [-0.3, -0.25) is 0 Å². The molecule has 90 valence electrons. The van der Waals surface area contributed by atoms with Gasteiger partial charge < -0.3 is 10.8 Å². The molecule has 0 radical (unpaired) electrons. The van der Waals surface area contributed by atoms with Gasteiger partial charge in [0.2, 0.25) is 0 Å². The van der Waals surface area contributed by atoms with E-state index in [0.717, 1.165) is 0 Å². The average Bonchev–Trinajstić information content (AvgIpc) is 2.25. The summed E-state index contributed by atoms with van der Waals surface area (Å²) in [6, 6.07) is 8.32. The Morgan fingerprint density at radius 1 is 1.38 bits per heavy atom. The zero-order valence-corrected chi connectivity index (χ0v) is 11.0. The minimum atomic E-state index is 0.0236. The number of benzene rings is 1. The van der Waals surface area contributed by atoms with E-state index in [1.807, 2.05) is 6.07 Å². The zero-order valence-electron chi connectivity index (χ0n) is 10.2. The Morgan fingerprint density at radius 2 is 2.06 bits per heavy atom. The van der Waals surface area contributed by atoms with Crippen LogP contribution in [0.5, 0.6) is 0 Å². The lowest BCUT2D eigenvalue weighted by atomic mass is 10.0. The van der Waals surface area contributed by atoms with Crippen molar-refractivity contribution in [1.82, 2.24) is 0 Å². The van der Waals surface area contributed by atoms with Crippen LogP contribution in [-0.2, 0) is 0 Å². The SMILES string of the molecule is Cc1cccc(SC(CO)C(N)C(C)C)c1. The van der Waals surface area contributed by atoms with Gasteiger partial charge in [0.15, 0.2) is 0 Å². The summed E-state index contributed by atoms with van der Waals surface area (Å²) in [6.07, 6.45) is 0. The Morgan fingerprint density at radius 3 is 2.56 bits per heavy atom. The van der Waals surface area contributed by atoms with Gasteiger partial charge in [-0.05, 0) is 25.0 Å². The van der Waals surface area contributed by atoms with Gasteiger partial charge in [0.1, 0.15) is 0 Å². The summed E-state index contributed by atoms with van der Waals surface area (Å²) in [6.45, 7) is 6.37. The van der Waals surface area contributed by atoms with Gasteiger partial charge in [-0.1, -0.05) is 31.5 Å². The summed E-state index contributed by atoms with van der Waals surface area (Å²) >= 11 is 1.66. The lowest BCUT2D eigenvalue weighted by Crippen LogP contribution is -2.39. The van der Waals surface area contributed by atoms with E-state index in [1.165, 1.54) is 10.5 Å². The highest BCUT2D eigenvalue weighted by molar-refractivity contribution is 8.00. The number of aliphatic hydroxyl groups excluding tert-OH is 1. The van der Waals surface area contributed by atoms with Crippen molar-refractivity contribution in [2.24, 2.45) is 11.7 Å². The summed E-state index contributed by atoms with van der Waals surface area (Å²) in [7, 11) is 0. The van der Waals surface area contributed by atoms with Crippen LogP contribution in [0, 0.1) is 12.8 Å². The number of aryl methyl sites for hydroxylation is 1. The van der Waals surface area contributed by atoms with Gasteiger partial charge in [0.25, 0.3) is 0 Å². The van der Waals surface area contributed by atoms with E-state index in [9.17, 15) is 5.11 Å². The standard InChI is InChI=1S/C13H21NOS/c1-9(2)13(14)12(8-15)16-11-6-4-5-10(3)7-11/h4-7,9,12-13,15H,8,14H2,1-3H3. The van der Waals surface area contributed by atoms with E-state index in [1.54, 1.807) is 11.8 Å². The van der Waals surface area contributed by atoms with Crippen molar-refractivity contribution >= 4 is 11.8 Å². The fourth-order valence-corrected chi connectivity index (χ4v) is 2.84. The fraction of sp³-hybridized carbons (Fsp3) is 0.538. The van der Waals surface area contributed by atoms with Gasteiger partial charge in [0, 0.05) is 16.2 Å². The second-order valence-corrected chi connectivity index (χ2v) is 5.79. The van der Waals surface area contributed by atoms with Crippen molar-refractivity contribution in [3.05, 3.63) is 29.8 Å². The molecule has 0 fully saturated rings. The number of rotatable bonds is 5. The van der Waals surface area contributed by atoms with Crippen LogP contribution >= 0.6 is 11.8 Å². The molecule has 0 heterocycles.